The molecule has 110 valence electrons. The van der Waals surface area contributed by atoms with Gasteiger partial charge >= 0.3 is 0 Å². The van der Waals surface area contributed by atoms with Crippen LogP contribution in [0.4, 0.5) is 0 Å². The van der Waals surface area contributed by atoms with E-state index in [9.17, 15) is 4.79 Å². The molecule has 6 nitrogen and oxygen atoms in total. The number of carbonyl (C=O) groups excluding carboxylic acids is 1. The van der Waals surface area contributed by atoms with E-state index in [4.69, 9.17) is 9.47 Å². The second-order valence-electron chi connectivity index (χ2n) is 4.85. The summed E-state index contributed by atoms with van der Waals surface area (Å²) in [5.74, 6) is 1.14. The Morgan fingerprint density at radius 1 is 1.38 bits per heavy atom. The standard InChI is InChI=1S/C15H17N3O3/c1-3-18-8-12(10(2)17-18)7-16-15(19)11-4-5-13-14(6-11)21-9-20-13/h4-6,8H,3,7,9H2,1-2H3,(H,16,19). The molecule has 0 saturated carbocycles. The number of hydrogen-bond acceptors (Lipinski definition) is 4. The second kappa shape index (κ2) is 5.47. The van der Waals surface area contributed by atoms with Gasteiger partial charge in [0.15, 0.2) is 11.5 Å². The zero-order valence-electron chi connectivity index (χ0n) is 12.0. The molecule has 2 aromatic rings. The minimum absolute atomic E-state index is 0.142. The van der Waals surface area contributed by atoms with Gasteiger partial charge < -0.3 is 14.8 Å². The lowest BCUT2D eigenvalue weighted by atomic mass is 10.2. The van der Waals surface area contributed by atoms with Gasteiger partial charge in [-0.1, -0.05) is 0 Å². The molecule has 1 aliphatic heterocycles. The quantitative estimate of drug-likeness (QED) is 0.932. The number of ether oxygens (including phenoxy) is 2. The van der Waals surface area contributed by atoms with Crippen molar-refractivity contribution in [3.8, 4) is 11.5 Å². The van der Waals surface area contributed by atoms with Crippen molar-refractivity contribution in [1.82, 2.24) is 15.1 Å². The normalized spacial score (nSPS) is 12.5. The lowest BCUT2D eigenvalue weighted by Crippen LogP contribution is -2.22. The Hall–Kier alpha value is -2.50. The number of nitrogens with one attached hydrogen (secondary N) is 1. The first-order valence-electron chi connectivity index (χ1n) is 6.88. The third-order valence-corrected chi connectivity index (χ3v) is 3.45. The monoisotopic (exact) mass is 287 g/mol. The number of rotatable bonds is 4. The molecule has 2 heterocycles. The molecule has 6 heteroatoms. The molecule has 0 spiro atoms. The summed E-state index contributed by atoms with van der Waals surface area (Å²) in [4.78, 5) is 12.2. The molecule has 0 fully saturated rings. The van der Waals surface area contributed by atoms with Crippen LogP contribution in [-0.2, 0) is 13.1 Å². The predicted octanol–water partition coefficient (Wildman–Crippen LogP) is 1.87. The van der Waals surface area contributed by atoms with Crippen molar-refractivity contribution in [2.75, 3.05) is 6.79 Å². The molecule has 0 atom stereocenters. The van der Waals surface area contributed by atoms with Crippen molar-refractivity contribution in [3.63, 3.8) is 0 Å². The third-order valence-electron chi connectivity index (χ3n) is 3.45. The summed E-state index contributed by atoms with van der Waals surface area (Å²) in [6.07, 6.45) is 1.95. The zero-order valence-corrected chi connectivity index (χ0v) is 12.0. The van der Waals surface area contributed by atoms with Gasteiger partial charge in [-0.2, -0.15) is 5.10 Å². The molecule has 1 N–H and O–H groups in total. The molecule has 1 amide bonds. The number of nitrogens with zero attached hydrogens (tertiary/aromatic N) is 2. The van der Waals surface area contributed by atoms with Gasteiger partial charge in [0, 0.05) is 30.4 Å². The van der Waals surface area contributed by atoms with Crippen molar-refractivity contribution in [1.29, 1.82) is 0 Å². The fourth-order valence-corrected chi connectivity index (χ4v) is 2.21. The largest absolute Gasteiger partial charge is 0.454 e. The minimum atomic E-state index is -0.142. The van der Waals surface area contributed by atoms with Gasteiger partial charge in [0.2, 0.25) is 6.79 Å². The average Bonchev–Trinajstić information content (AvgIpc) is 3.10. The number of amides is 1. The first-order chi connectivity index (χ1) is 10.2. The minimum Gasteiger partial charge on any atom is -0.454 e. The Kier molecular flexibility index (Phi) is 3.51. The molecule has 1 aliphatic rings. The smallest absolute Gasteiger partial charge is 0.251 e. The van der Waals surface area contributed by atoms with E-state index < -0.39 is 0 Å². The summed E-state index contributed by atoms with van der Waals surface area (Å²) < 4.78 is 12.4. The average molecular weight is 287 g/mol. The molecule has 1 aromatic carbocycles. The van der Waals surface area contributed by atoms with E-state index in [1.165, 1.54) is 0 Å². The molecule has 0 unspecified atom stereocenters. The van der Waals surface area contributed by atoms with E-state index in [0.717, 1.165) is 17.8 Å². The number of fused-ring (bicyclic) bond motifs is 1. The topological polar surface area (TPSA) is 65.4 Å². The Bertz CT molecular complexity index is 679. The van der Waals surface area contributed by atoms with Crippen LogP contribution in [0.1, 0.15) is 28.5 Å². The van der Waals surface area contributed by atoms with Crippen LogP contribution in [0.5, 0.6) is 11.5 Å². The number of benzene rings is 1. The van der Waals surface area contributed by atoms with Crippen molar-refractivity contribution < 1.29 is 14.3 Å². The van der Waals surface area contributed by atoms with Crippen LogP contribution in [0.3, 0.4) is 0 Å². The molecular formula is C15H17N3O3. The van der Waals surface area contributed by atoms with Crippen LogP contribution in [0.2, 0.25) is 0 Å². The Labute approximate surface area is 122 Å². The number of aryl methyl sites for hydroxylation is 2. The van der Waals surface area contributed by atoms with Gasteiger partial charge in [-0.05, 0) is 32.0 Å². The van der Waals surface area contributed by atoms with E-state index in [0.29, 0.717) is 23.6 Å². The summed E-state index contributed by atoms with van der Waals surface area (Å²) in [6.45, 7) is 5.45. The van der Waals surface area contributed by atoms with Crippen LogP contribution < -0.4 is 14.8 Å². The second-order valence-corrected chi connectivity index (χ2v) is 4.85. The highest BCUT2D eigenvalue weighted by Gasteiger charge is 2.16. The highest BCUT2D eigenvalue weighted by atomic mass is 16.7. The molecule has 21 heavy (non-hydrogen) atoms. The van der Waals surface area contributed by atoms with Gasteiger partial charge in [0.05, 0.1) is 5.69 Å². The summed E-state index contributed by atoms with van der Waals surface area (Å²) in [6, 6.07) is 5.17. The number of aromatic nitrogens is 2. The van der Waals surface area contributed by atoms with E-state index in [1.54, 1.807) is 18.2 Å². The van der Waals surface area contributed by atoms with Gasteiger partial charge in [0.1, 0.15) is 0 Å². The highest BCUT2D eigenvalue weighted by Crippen LogP contribution is 2.32. The van der Waals surface area contributed by atoms with E-state index >= 15 is 0 Å². The van der Waals surface area contributed by atoms with Gasteiger partial charge in [-0.3, -0.25) is 9.48 Å². The van der Waals surface area contributed by atoms with Crippen LogP contribution in [0.15, 0.2) is 24.4 Å². The van der Waals surface area contributed by atoms with E-state index in [-0.39, 0.29) is 12.7 Å². The van der Waals surface area contributed by atoms with Crippen molar-refractivity contribution in [3.05, 3.63) is 41.2 Å². The van der Waals surface area contributed by atoms with Gasteiger partial charge in [-0.15, -0.1) is 0 Å². The van der Waals surface area contributed by atoms with Crippen molar-refractivity contribution >= 4 is 5.91 Å². The lowest BCUT2D eigenvalue weighted by Gasteiger charge is -2.05. The summed E-state index contributed by atoms with van der Waals surface area (Å²) in [5.41, 5.74) is 2.51. The SMILES string of the molecule is CCn1cc(CNC(=O)c2ccc3c(c2)OCO3)c(C)n1. The Morgan fingerprint density at radius 2 is 2.19 bits per heavy atom. The zero-order chi connectivity index (χ0) is 14.8. The van der Waals surface area contributed by atoms with Crippen molar-refractivity contribution in [2.45, 2.75) is 26.9 Å². The summed E-state index contributed by atoms with van der Waals surface area (Å²) >= 11 is 0. The molecule has 0 aliphatic carbocycles. The van der Waals surface area contributed by atoms with Gasteiger partial charge in [-0.25, -0.2) is 0 Å². The number of hydrogen-bond donors (Lipinski definition) is 1. The van der Waals surface area contributed by atoms with Gasteiger partial charge in [0.25, 0.3) is 5.91 Å². The van der Waals surface area contributed by atoms with Crippen LogP contribution >= 0.6 is 0 Å². The lowest BCUT2D eigenvalue weighted by molar-refractivity contribution is 0.0950. The molecule has 3 rings (SSSR count). The predicted molar refractivity (Wildman–Crippen MR) is 76.4 cm³/mol. The van der Waals surface area contributed by atoms with Crippen LogP contribution in [0, 0.1) is 6.92 Å². The number of carbonyl (C=O) groups is 1. The highest BCUT2D eigenvalue weighted by molar-refractivity contribution is 5.94. The molecule has 0 saturated heterocycles. The molecule has 1 aromatic heterocycles. The van der Waals surface area contributed by atoms with Crippen LogP contribution in [0.25, 0.3) is 0 Å². The fourth-order valence-electron chi connectivity index (χ4n) is 2.21. The molecular weight excluding hydrogens is 270 g/mol. The Balaban J connectivity index is 1.67. The van der Waals surface area contributed by atoms with E-state index in [1.807, 2.05) is 24.7 Å². The first kappa shape index (κ1) is 13.5. The maximum Gasteiger partial charge on any atom is 0.251 e. The maximum atomic E-state index is 12.2. The Morgan fingerprint density at radius 3 is 2.95 bits per heavy atom. The van der Waals surface area contributed by atoms with Crippen molar-refractivity contribution in [2.24, 2.45) is 0 Å². The molecule has 0 bridgehead atoms. The third kappa shape index (κ3) is 2.69. The molecule has 0 radical (unpaired) electrons. The fraction of sp³-hybridized carbons (Fsp3) is 0.333. The summed E-state index contributed by atoms with van der Waals surface area (Å²) in [5, 5.41) is 7.25. The maximum absolute atomic E-state index is 12.2. The van der Waals surface area contributed by atoms with E-state index in [2.05, 4.69) is 10.4 Å². The summed E-state index contributed by atoms with van der Waals surface area (Å²) in [7, 11) is 0. The van der Waals surface area contributed by atoms with Crippen LogP contribution in [-0.4, -0.2) is 22.5 Å². The first-order valence-corrected chi connectivity index (χ1v) is 6.88.